The van der Waals surface area contributed by atoms with Crippen LogP contribution < -0.4 is 10.5 Å². The summed E-state index contributed by atoms with van der Waals surface area (Å²) < 4.78 is 5.37. The van der Waals surface area contributed by atoms with Crippen LogP contribution in [0.1, 0.15) is 32.3 Å². The smallest absolute Gasteiger partial charge is 0.125 e. The number of hydrogen-bond donors (Lipinski definition) is 1. The number of nitrogens with two attached hydrogens (primary N) is 1. The minimum atomic E-state index is 0.622. The molecule has 1 rings (SSSR count). The Bertz CT molecular complexity index is 348. The maximum atomic E-state index is 5.75. The lowest BCUT2D eigenvalue weighted by molar-refractivity contribution is 0.219. The van der Waals surface area contributed by atoms with Crippen LogP contribution in [0.25, 0.3) is 0 Å². The lowest BCUT2D eigenvalue weighted by Crippen LogP contribution is -2.30. The van der Waals surface area contributed by atoms with E-state index in [-0.39, 0.29) is 0 Å². The molecule has 0 radical (unpaired) electrons. The van der Waals surface area contributed by atoms with Gasteiger partial charge in [-0.25, -0.2) is 0 Å². The summed E-state index contributed by atoms with van der Waals surface area (Å²) in [6.07, 6.45) is 2.34. The maximum absolute atomic E-state index is 5.75. The summed E-state index contributed by atoms with van der Waals surface area (Å²) in [4.78, 5) is 2.37. The molecular formula is C14H24N2O. The molecule has 2 N–H and O–H groups in total. The molecule has 0 aromatic heterocycles. The molecule has 3 nitrogen and oxygen atoms in total. The molecule has 0 aliphatic carbocycles. The highest BCUT2D eigenvalue weighted by molar-refractivity contribution is 5.48. The molecule has 0 amide bonds. The monoisotopic (exact) mass is 236 g/mol. The third kappa shape index (κ3) is 3.63. The van der Waals surface area contributed by atoms with E-state index in [9.17, 15) is 0 Å². The van der Waals surface area contributed by atoms with Gasteiger partial charge in [0.05, 0.1) is 7.11 Å². The normalized spacial score (nSPS) is 11.2. The predicted molar refractivity (Wildman–Crippen MR) is 73.2 cm³/mol. The van der Waals surface area contributed by atoms with E-state index >= 15 is 0 Å². The average molecular weight is 236 g/mol. The first kappa shape index (κ1) is 13.8. The van der Waals surface area contributed by atoms with Gasteiger partial charge in [0.2, 0.25) is 0 Å². The number of nitrogen functional groups attached to an aromatic ring is 1. The number of rotatable bonds is 6. The fourth-order valence-electron chi connectivity index (χ4n) is 2.20. The summed E-state index contributed by atoms with van der Waals surface area (Å²) in [6.45, 7) is 5.35. The van der Waals surface area contributed by atoms with E-state index in [1.165, 1.54) is 18.4 Å². The van der Waals surface area contributed by atoms with Crippen molar-refractivity contribution >= 4 is 5.69 Å². The van der Waals surface area contributed by atoms with E-state index in [0.717, 1.165) is 18.0 Å². The molecule has 0 unspecified atom stereocenters. The molecule has 0 heterocycles. The van der Waals surface area contributed by atoms with Gasteiger partial charge in [0.1, 0.15) is 5.75 Å². The van der Waals surface area contributed by atoms with Crippen molar-refractivity contribution < 1.29 is 4.74 Å². The van der Waals surface area contributed by atoms with E-state index in [0.29, 0.717) is 6.04 Å². The second-order valence-corrected chi connectivity index (χ2v) is 4.46. The summed E-state index contributed by atoms with van der Waals surface area (Å²) in [6, 6.07) is 6.49. The maximum Gasteiger partial charge on any atom is 0.125 e. The highest BCUT2D eigenvalue weighted by Crippen LogP contribution is 2.23. The minimum Gasteiger partial charge on any atom is -0.496 e. The summed E-state index contributed by atoms with van der Waals surface area (Å²) >= 11 is 0. The third-order valence-corrected chi connectivity index (χ3v) is 3.30. The highest BCUT2D eigenvalue weighted by atomic mass is 16.5. The van der Waals surface area contributed by atoms with Crippen LogP contribution >= 0.6 is 0 Å². The zero-order valence-corrected chi connectivity index (χ0v) is 11.4. The Morgan fingerprint density at radius 3 is 2.47 bits per heavy atom. The summed E-state index contributed by atoms with van der Waals surface area (Å²) in [7, 11) is 3.85. The van der Waals surface area contributed by atoms with Crippen LogP contribution in [-0.2, 0) is 6.54 Å². The van der Waals surface area contributed by atoms with Crippen LogP contribution in [0.5, 0.6) is 5.75 Å². The lowest BCUT2D eigenvalue weighted by atomic mass is 10.1. The van der Waals surface area contributed by atoms with Crippen molar-refractivity contribution in [1.82, 2.24) is 4.90 Å². The van der Waals surface area contributed by atoms with Crippen LogP contribution in [0.4, 0.5) is 5.69 Å². The van der Waals surface area contributed by atoms with E-state index in [1.54, 1.807) is 7.11 Å². The molecule has 0 spiro atoms. The van der Waals surface area contributed by atoms with Gasteiger partial charge in [-0.05, 0) is 26.0 Å². The molecule has 0 aliphatic heterocycles. The van der Waals surface area contributed by atoms with Gasteiger partial charge >= 0.3 is 0 Å². The quantitative estimate of drug-likeness (QED) is 0.772. The Morgan fingerprint density at radius 2 is 1.94 bits per heavy atom. The van der Waals surface area contributed by atoms with Gasteiger partial charge < -0.3 is 10.5 Å². The standard InChI is InChI=1S/C14H24N2O/c1-5-13(6-2)16(3)10-11-7-8-12(15)9-14(11)17-4/h7-9,13H,5-6,10,15H2,1-4H3. The Morgan fingerprint density at radius 1 is 1.29 bits per heavy atom. The van der Waals surface area contributed by atoms with Crippen molar-refractivity contribution in [1.29, 1.82) is 0 Å². The topological polar surface area (TPSA) is 38.5 Å². The molecule has 0 saturated carbocycles. The van der Waals surface area contributed by atoms with Crippen molar-refractivity contribution in [3.8, 4) is 5.75 Å². The molecule has 0 bridgehead atoms. The SMILES string of the molecule is CCC(CC)N(C)Cc1ccc(N)cc1OC. The Hall–Kier alpha value is -1.22. The Kier molecular flexibility index (Phi) is 5.29. The summed E-state index contributed by atoms with van der Waals surface area (Å²) in [5.74, 6) is 0.878. The number of ether oxygens (including phenoxy) is 1. The molecule has 1 aromatic carbocycles. The molecule has 0 fully saturated rings. The fourth-order valence-corrected chi connectivity index (χ4v) is 2.20. The van der Waals surface area contributed by atoms with Crippen molar-refractivity contribution in [2.75, 3.05) is 19.9 Å². The van der Waals surface area contributed by atoms with Gasteiger partial charge in [0.15, 0.2) is 0 Å². The first-order valence-electron chi connectivity index (χ1n) is 6.24. The highest BCUT2D eigenvalue weighted by Gasteiger charge is 2.13. The minimum absolute atomic E-state index is 0.622. The van der Waals surface area contributed by atoms with Crippen LogP contribution in [0, 0.1) is 0 Å². The predicted octanol–water partition coefficient (Wildman–Crippen LogP) is 2.90. The number of benzene rings is 1. The zero-order valence-electron chi connectivity index (χ0n) is 11.4. The van der Waals surface area contributed by atoms with Crippen molar-refractivity contribution in [3.63, 3.8) is 0 Å². The summed E-state index contributed by atoms with van der Waals surface area (Å²) in [5, 5.41) is 0. The van der Waals surface area contributed by atoms with Crippen LogP contribution in [0.15, 0.2) is 18.2 Å². The molecule has 0 saturated heterocycles. The molecule has 1 aromatic rings. The number of anilines is 1. The zero-order chi connectivity index (χ0) is 12.8. The largest absolute Gasteiger partial charge is 0.496 e. The van der Waals surface area contributed by atoms with E-state index in [2.05, 4.69) is 25.8 Å². The molecule has 3 heteroatoms. The average Bonchev–Trinajstić information content (AvgIpc) is 2.33. The van der Waals surface area contributed by atoms with E-state index in [1.807, 2.05) is 18.2 Å². The van der Waals surface area contributed by atoms with Crippen LogP contribution in [-0.4, -0.2) is 25.1 Å². The molecule has 17 heavy (non-hydrogen) atoms. The number of hydrogen-bond acceptors (Lipinski definition) is 3. The second kappa shape index (κ2) is 6.50. The third-order valence-electron chi connectivity index (χ3n) is 3.30. The second-order valence-electron chi connectivity index (χ2n) is 4.46. The number of nitrogens with zero attached hydrogens (tertiary/aromatic N) is 1. The molecule has 0 aliphatic rings. The Labute approximate surface area is 105 Å². The lowest BCUT2D eigenvalue weighted by Gasteiger charge is -2.26. The first-order chi connectivity index (χ1) is 8.12. The van der Waals surface area contributed by atoms with Crippen LogP contribution in [0.2, 0.25) is 0 Å². The van der Waals surface area contributed by atoms with Gasteiger partial charge in [-0.1, -0.05) is 19.9 Å². The van der Waals surface area contributed by atoms with Gasteiger partial charge in [-0.2, -0.15) is 0 Å². The molecular weight excluding hydrogens is 212 g/mol. The van der Waals surface area contributed by atoms with Gasteiger partial charge in [0, 0.05) is 29.9 Å². The summed E-state index contributed by atoms with van der Waals surface area (Å²) in [5.41, 5.74) is 7.69. The van der Waals surface area contributed by atoms with Gasteiger partial charge in [-0.3, -0.25) is 4.90 Å². The van der Waals surface area contributed by atoms with E-state index < -0.39 is 0 Å². The van der Waals surface area contributed by atoms with E-state index in [4.69, 9.17) is 10.5 Å². The van der Waals surface area contributed by atoms with Crippen molar-refractivity contribution in [2.24, 2.45) is 0 Å². The fraction of sp³-hybridized carbons (Fsp3) is 0.571. The Balaban J connectivity index is 2.80. The van der Waals surface area contributed by atoms with Crippen molar-refractivity contribution in [2.45, 2.75) is 39.3 Å². The van der Waals surface area contributed by atoms with Gasteiger partial charge in [0.25, 0.3) is 0 Å². The van der Waals surface area contributed by atoms with Crippen LogP contribution in [0.3, 0.4) is 0 Å². The molecule has 96 valence electrons. The number of methoxy groups -OCH3 is 1. The van der Waals surface area contributed by atoms with Crippen molar-refractivity contribution in [3.05, 3.63) is 23.8 Å². The molecule has 0 atom stereocenters. The van der Waals surface area contributed by atoms with Gasteiger partial charge in [-0.15, -0.1) is 0 Å². The first-order valence-corrected chi connectivity index (χ1v) is 6.24.